The minimum Gasteiger partial charge on any atom is -0.364 e. The molecule has 1 saturated heterocycles. The number of anilines is 2. The van der Waals surface area contributed by atoms with Gasteiger partial charge in [-0.15, -0.1) is 0 Å². The first-order valence-electron chi connectivity index (χ1n) is 13.5. The number of amides is 3. The molecule has 1 aromatic carbocycles. The van der Waals surface area contributed by atoms with Crippen molar-refractivity contribution in [3.63, 3.8) is 0 Å². The van der Waals surface area contributed by atoms with E-state index in [4.69, 9.17) is 4.52 Å². The molecule has 0 saturated carbocycles. The second-order valence-electron chi connectivity index (χ2n) is 11.4. The highest BCUT2D eigenvalue weighted by atomic mass is 19.1. The quantitative estimate of drug-likeness (QED) is 0.320. The maximum Gasteiger partial charge on any atom is 0.319 e. The van der Waals surface area contributed by atoms with Crippen LogP contribution in [-0.4, -0.2) is 80.8 Å². The van der Waals surface area contributed by atoms with Gasteiger partial charge >= 0.3 is 6.03 Å². The van der Waals surface area contributed by atoms with Gasteiger partial charge < -0.3 is 19.6 Å². The number of urea groups is 1. The SMILES string of the molecule is CN(C)C(=O)N1CCC[C@@H](Nc2n[nH]c3nccc(-c4ccc(CN(C=O)c5noc(C(C)(C)C)n5)c(F)c4)c23)C1. The van der Waals surface area contributed by atoms with Gasteiger partial charge in [0.15, 0.2) is 11.5 Å². The number of pyridine rings is 1. The van der Waals surface area contributed by atoms with E-state index < -0.39 is 5.82 Å². The average molecular weight is 564 g/mol. The number of aromatic nitrogens is 5. The van der Waals surface area contributed by atoms with Crippen molar-refractivity contribution in [2.45, 2.75) is 51.6 Å². The van der Waals surface area contributed by atoms with E-state index in [9.17, 15) is 9.59 Å². The fraction of sp³-hybridized carbons (Fsp3) is 0.429. The molecule has 1 fully saturated rings. The summed E-state index contributed by atoms with van der Waals surface area (Å²) in [6.45, 7) is 6.95. The van der Waals surface area contributed by atoms with Gasteiger partial charge in [0.1, 0.15) is 5.82 Å². The molecule has 2 N–H and O–H groups in total. The van der Waals surface area contributed by atoms with Crippen molar-refractivity contribution in [1.29, 1.82) is 0 Å². The summed E-state index contributed by atoms with van der Waals surface area (Å²) in [5.74, 6) is 0.566. The van der Waals surface area contributed by atoms with Crippen molar-refractivity contribution in [3.8, 4) is 11.1 Å². The number of aromatic amines is 1. The normalized spacial score (nSPS) is 15.7. The highest BCUT2D eigenvalue weighted by Gasteiger charge is 2.27. The summed E-state index contributed by atoms with van der Waals surface area (Å²) >= 11 is 0. The number of likely N-dealkylation sites (tertiary alicyclic amines) is 1. The van der Waals surface area contributed by atoms with Crippen LogP contribution >= 0.6 is 0 Å². The van der Waals surface area contributed by atoms with Crippen LogP contribution in [0.3, 0.4) is 0 Å². The number of nitrogens with one attached hydrogen (secondary N) is 2. The Hall–Kier alpha value is -4.55. The molecule has 1 aliphatic heterocycles. The second-order valence-corrected chi connectivity index (χ2v) is 11.4. The van der Waals surface area contributed by atoms with E-state index in [0.717, 1.165) is 23.8 Å². The van der Waals surface area contributed by atoms with E-state index in [0.29, 0.717) is 48.0 Å². The molecule has 4 aromatic rings. The number of fused-ring (bicyclic) bond motifs is 1. The number of H-pyrrole nitrogens is 1. The molecule has 216 valence electrons. The Balaban J connectivity index is 1.38. The van der Waals surface area contributed by atoms with Crippen LogP contribution in [0.5, 0.6) is 0 Å². The molecule has 13 heteroatoms. The minimum atomic E-state index is -0.484. The first kappa shape index (κ1) is 28.0. The van der Waals surface area contributed by atoms with E-state index in [2.05, 4.69) is 30.6 Å². The van der Waals surface area contributed by atoms with Crippen LogP contribution in [0.2, 0.25) is 0 Å². The zero-order chi connectivity index (χ0) is 29.3. The Morgan fingerprint density at radius 2 is 2.10 bits per heavy atom. The van der Waals surface area contributed by atoms with E-state index in [1.165, 1.54) is 11.0 Å². The molecule has 0 bridgehead atoms. The average Bonchev–Trinajstić information content (AvgIpc) is 3.60. The van der Waals surface area contributed by atoms with E-state index in [-0.39, 0.29) is 30.0 Å². The van der Waals surface area contributed by atoms with Crippen molar-refractivity contribution in [2.24, 2.45) is 0 Å². The topological polar surface area (TPSA) is 136 Å². The highest BCUT2D eigenvalue weighted by Crippen LogP contribution is 2.33. The third-order valence-electron chi connectivity index (χ3n) is 7.02. The van der Waals surface area contributed by atoms with E-state index >= 15 is 4.39 Å². The lowest BCUT2D eigenvalue weighted by Crippen LogP contribution is -2.48. The lowest BCUT2D eigenvalue weighted by atomic mass is 9.97. The predicted octanol–water partition coefficient (Wildman–Crippen LogP) is 4.17. The second kappa shape index (κ2) is 11.1. The third kappa shape index (κ3) is 5.83. The lowest BCUT2D eigenvalue weighted by Gasteiger charge is -2.34. The number of carbonyl (C=O) groups excluding carboxylic acids is 2. The fourth-order valence-corrected chi connectivity index (χ4v) is 4.86. The molecule has 0 aliphatic carbocycles. The zero-order valence-corrected chi connectivity index (χ0v) is 23.8. The molecule has 5 rings (SSSR count). The van der Waals surface area contributed by atoms with Gasteiger partial charge in [-0.3, -0.25) is 14.8 Å². The number of hydrogen-bond acceptors (Lipinski definition) is 8. The Morgan fingerprint density at radius 1 is 1.29 bits per heavy atom. The van der Waals surface area contributed by atoms with Gasteiger partial charge in [0.2, 0.25) is 12.3 Å². The van der Waals surface area contributed by atoms with Crippen LogP contribution in [0.15, 0.2) is 35.0 Å². The Labute approximate surface area is 236 Å². The highest BCUT2D eigenvalue weighted by molar-refractivity contribution is 6.00. The molecule has 41 heavy (non-hydrogen) atoms. The van der Waals surface area contributed by atoms with Gasteiger partial charge in [-0.2, -0.15) is 10.1 Å². The summed E-state index contributed by atoms with van der Waals surface area (Å²) < 4.78 is 20.7. The van der Waals surface area contributed by atoms with Crippen LogP contribution in [0.1, 0.15) is 45.1 Å². The number of rotatable bonds is 7. The smallest absolute Gasteiger partial charge is 0.319 e. The molecule has 1 aliphatic rings. The number of carbonyl (C=O) groups is 2. The maximum atomic E-state index is 15.4. The summed E-state index contributed by atoms with van der Waals surface area (Å²) in [6.07, 6.45) is 3.95. The predicted molar refractivity (Wildman–Crippen MR) is 152 cm³/mol. The summed E-state index contributed by atoms with van der Waals surface area (Å²) in [5.41, 5.74) is 1.85. The summed E-state index contributed by atoms with van der Waals surface area (Å²) in [7, 11) is 3.49. The van der Waals surface area contributed by atoms with Crippen molar-refractivity contribution in [2.75, 3.05) is 37.4 Å². The van der Waals surface area contributed by atoms with Gasteiger partial charge in [-0.05, 0) is 41.3 Å². The van der Waals surface area contributed by atoms with Crippen LogP contribution in [-0.2, 0) is 16.8 Å². The Morgan fingerprint density at radius 3 is 2.78 bits per heavy atom. The number of piperidine rings is 1. The first-order valence-corrected chi connectivity index (χ1v) is 13.5. The molecule has 3 aromatic heterocycles. The van der Waals surface area contributed by atoms with Crippen molar-refractivity contribution >= 4 is 35.2 Å². The molecule has 0 spiro atoms. The number of hydrogen-bond donors (Lipinski definition) is 2. The largest absolute Gasteiger partial charge is 0.364 e. The van der Waals surface area contributed by atoms with Gasteiger partial charge in [0.05, 0.1) is 11.9 Å². The third-order valence-corrected chi connectivity index (χ3v) is 7.02. The molecule has 0 radical (unpaired) electrons. The number of halogens is 1. The van der Waals surface area contributed by atoms with E-state index in [1.807, 2.05) is 31.7 Å². The molecular formula is C28H34FN9O3. The van der Waals surface area contributed by atoms with Crippen molar-refractivity contribution in [1.82, 2.24) is 35.1 Å². The van der Waals surface area contributed by atoms with Crippen LogP contribution in [0, 0.1) is 5.82 Å². The van der Waals surface area contributed by atoms with Gasteiger partial charge in [-0.25, -0.2) is 14.2 Å². The van der Waals surface area contributed by atoms with Crippen LogP contribution in [0.25, 0.3) is 22.2 Å². The summed E-state index contributed by atoms with van der Waals surface area (Å²) in [6, 6.07) is 6.65. The standard InChI is InChI=1S/C28H34FN9O3/c1-28(2,3)25-32-26(35-41-25)38(16-39)14-18-9-8-17(13-21(18)29)20-10-11-30-23-22(20)24(34-33-23)31-19-7-6-12-37(15-19)27(40)36(4)5/h8-11,13,16,19H,6-7,12,14-15H2,1-5H3,(H2,30,31,33,34)/t19-/m1/s1. The molecule has 12 nitrogen and oxygen atoms in total. The van der Waals surface area contributed by atoms with Crippen molar-refractivity contribution < 1.29 is 18.5 Å². The summed E-state index contributed by atoms with van der Waals surface area (Å²) in [5, 5.41) is 15.5. The Bertz CT molecular complexity index is 1560. The Kier molecular flexibility index (Phi) is 7.61. The molecular weight excluding hydrogens is 529 g/mol. The number of nitrogens with zero attached hydrogens (tertiary/aromatic N) is 7. The van der Waals surface area contributed by atoms with Gasteiger partial charge in [0, 0.05) is 50.4 Å². The van der Waals surface area contributed by atoms with Crippen LogP contribution < -0.4 is 10.2 Å². The fourth-order valence-electron chi connectivity index (χ4n) is 4.86. The number of benzene rings is 1. The first-order chi connectivity index (χ1) is 19.5. The van der Waals surface area contributed by atoms with Crippen molar-refractivity contribution in [3.05, 3.63) is 47.7 Å². The molecule has 3 amide bonds. The molecule has 0 unspecified atom stereocenters. The molecule has 1 atom stereocenters. The van der Waals surface area contributed by atoms with E-state index in [1.54, 1.807) is 37.3 Å². The molecule has 4 heterocycles. The van der Waals surface area contributed by atoms with Gasteiger partial charge in [0.25, 0.3) is 5.95 Å². The zero-order valence-electron chi connectivity index (χ0n) is 23.8. The minimum absolute atomic E-state index is 0.00424. The van der Waals surface area contributed by atoms with Gasteiger partial charge in [-0.1, -0.05) is 32.9 Å². The summed E-state index contributed by atoms with van der Waals surface area (Å²) in [4.78, 5) is 37.6. The monoisotopic (exact) mass is 563 g/mol. The van der Waals surface area contributed by atoms with Crippen LogP contribution in [0.4, 0.5) is 21.0 Å². The lowest BCUT2D eigenvalue weighted by molar-refractivity contribution is -0.107. The maximum absolute atomic E-state index is 15.4.